The number of carbonyl (C=O) groups is 1. The highest BCUT2D eigenvalue weighted by Crippen LogP contribution is 2.34. The van der Waals surface area contributed by atoms with Gasteiger partial charge in [0.1, 0.15) is 5.15 Å². The van der Waals surface area contributed by atoms with Crippen LogP contribution in [0.3, 0.4) is 0 Å². The molecule has 0 unspecified atom stereocenters. The van der Waals surface area contributed by atoms with Gasteiger partial charge in [-0.15, -0.1) is 0 Å². The van der Waals surface area contributed by atoms with Crippen molar-refractivity contribution >= 4 is 23.3 Å². The van der Waals surface area contributed by atoms with Crippen molar-refractivity contribution in [1.82, 2.24) is 4.98 Å². The van der Waals surface area contributed by atoms with Crippen molar-refractivity contribution < 1.29 is 19.5 Å². The fourth-order valence-electron chi connectivity index (χ4n) is 4.13. The number of hydrogen-bond donors (Lipinski definition) is 2. The molecule has 0 radical (unpaired) electrons. The topological polar surface area (TPSA) is 82.8 Å². The Morgan fingerprint density at radius 1 is 1.03 bits per heavy atom. The number of carboxylic acid groups (broad SMARTS) is 1. The molecule has 0 fully saturated rings. The SMILES string of the molecule is Cc1ccccc1[C@H](C/C(=N/O)c1cc(Cl)ncc1F)c1ccc(-c2ccc(C(=O)O)cc2)cc1. The number of oxime groups is 1. The Labute approximate surface area is 207 Å². The van der Waals surface area contributed by atoms with Crippen LogP contribution in [0.1, 0.15) is 45.0 Å². The summed E-state index contributed by atoms with van der Waals surface area (Å²) in [5.41, 5.74) is 5.33. The average Bonchev–Trinajstić information content (AvgIpc) is 2.87. The van der Waals surface area contributed by atoms with E-state index in [0.717, 1.165) is 34.0 Å². The molecule has 0 bridgehead atoms. The zero-order valence-electron chi connectivity index (χ0n) is 18.8. The van der Waals surface area contributed by atoms with E-state index in [1.54, 1.807) is 24.3 Å². The summed E-state index contributed by atoms with van der Waals surface area (Å²) in [5, 5.41) is 22.4. The summed E-state index contributed by atoms with van der Waals surface area (Å²) in [6, 6.07) is 23.8. The predicted molar refractivity (Wildman–Crippen MR) is 134 cm³/mol. The van der Waals surface area contributed by atoms with E-state index in [-0.39, 0.29) is 34.3 Å². The molecule has 2 N–H and O–H groups in total. The van der Waals surface area contributed by atoms with E-state index in [4.69, 9.17) is 16.7 Å². The molecule has 0 saturated carbocycles. The molecule has 176 valence electrons. The third kappa shape index (κ3) is 5.39. The monoisotopic (exact) mass is 488 g/mol. The molecule has 1 heterocycles. The zero-order chi connectivity index (χ0) is 24.9. The molecule has 0 aliphatic carbocycles. The van der Waals surface area contributed by atoms with Crippen LogP contribution in [-0.4, -0.2) is 27.0 Å². The first-order valence-electron chi connectivity index (χ1n) is 10.9. The lowest BCUT2D eigenvalue weighted by atomic mass is 9.83. The molecule has 35 heavy (non-hydrogen) atoms. The Balaban J connectivity index is 1.71. The van der Waals surface area contributed by atoms with Gasteiger partial charge in [-0.25, -0.2) is 14.2 Å². The summed E-state index contributed by atoms with van der Waals surface area (Å²) in [5.74, 6) is -1.82. The molecule has 0 spiro atoms. The van der Waals surface area contributed by atoms with Gasteiger partial charge in [-0.05, 0) is 52.9 Å². The van der Waals surface area contributed by atoms with Crippen molar-refractivity contribution in [2.24, 2.45) is 5.16 Å². The summed E-state index contributed by atoms with van der Waals surface area (Å²) < 4.78 is 14.5. The number of benzene rings is 3. The minimum atomic E-state index is -0.971. The second kappa shape index (κ2) is 10.5. The first-order valence-corrected chi connectivity index (χ1v) is 11.3. The summed E-state index contributed by atoms with van der Waals surface area (Å²) in [6.07, 6.45) is 1.24. The van der Waals surface area contributed by atoms with Gasteiger partial charge >= 0.3 is 5.97 Å². The second-order valence-corrected chi connectivity index (χ2v) is 8.54. The third-order valence-electron chi connectivity index (χ3n) is 5.99. The van der Waals surface area contributed by atoms with Crippen LogP contribution in [0, 0.1) is 12.7 Å². The molecule has 5 nitrogen and oxygen atoms in total. The molecule has 0 saturated heterocycles. The second-order valence-electron chi connectivity index (χ2n) is 8.15. The fourth-order valence-corrected chi connectivity index (χ4v) is 4.29. The number of pyridine rings is 1. The van der Waals surface area contributed by atoms with Crippen LogP contribution in [0.4, 0.5) is 4.39 Å². The molecule has 1 aromatic heterocycles. The lowest BCUT2D eigenvalue weighted by molar-refractivity contribution is 0.0697. The summed E-state index contributed by atoms with van der Waals surface area (Å²) in [7, 11) is 0. The van der Waals surface area contributed by atoms with Crippen molar-refractivity contribution in [2.75, 3.05) is 0 Å². The van der Waals surface area contributed by atoms with Crippen molar-refractivity contribution in [3.05, 3.63) is 124 Å². The molecule has 4 rings (SSSR count). The molecule has 0 aliphatic heterocycles. The maximum atomic E-state index is 14.5. The van der Waals surface area contributed by atoms with Gasteiger partial charge < -0.3 is 10.3 Å². The fraction of sp³-hybridized carbons (Fsp3) is 0.107. The van der Waals surface area contributed by atoms with E-state index in [2.05, 4.69) is 10.1 Å². The van der Waals surface area contributed by atoms with Gasteiger partial charge in [-0.1, -0.05) is 77.4 Å². The van der Waals surface area contributed by atoms with Gasteiger partial charge in [0.05, 0.1) is 17.5 Å². The number of halogens is 2. The molecule has 4 aromatic rings. The number of rotatable bonds is 7. The molecule has 0 amide bonds. The maximum Gasteiger partial charge on any atom is 0.335 e. The van der Waals surface area contributed by atoms with E-state index >= 15 is 0 Å². The molecule has 1 atom stereocenters. The Hall–Kier alpha value is -4.03. The van der Waals surface area contributed by atoms with Gasteiger partial charge in [0.2, 0.25) is 0 Å². The van der Waals surface area contributed by atoms with Crippen LogP contribution in [0.15, 0.2) is 90.2 Å². The first-order chi connectivity index (χ1) is 16.9. The van der Waals surface area contributed by atoms with Crippen LogP contribution in [0.2, 0.25) is 5.15 Å². The van der Waals surface area contributed by atoms with Gasteiger partial charge in [0.15, 0.2) is 5.82 Å². The van der Waals surface area contributed by atoms with Gasteiger partial charge in [0, 0.05) is 17.9 Å². The first kappa shape index (κ1) is 24.1. The molecule has 7 heteroatoms. The van der Waals surface area contributed by atoms with E-state index in [9.17, 15) is 14.4 Å². The van der Waals surface area contributed by atoms with Crippen molar-refractivity contribution in [2.45, 2.75) is 19.3 Å². The highest BCUT2D eigenvalue weighted by atomic mass is 35.5. The average molecular weight is 489 g/mol. The highest BCUT2D eigenvalue weighted by Gasteiger charge is 2.22. The minimum Gasteiger partial charge on any atom is -0.478 e. The molecule has 3 aromatic carbocycles. The maximum absolute atomic E-state index is 14.5. The smallest absolute Gasteiger partial charge is 0.335 e. The minimum absolute atomic E-state index is 0.0984. The summed E-state index contributed by atoms with van der Waals surface area (Å²) in [6.45, 7) is 2.00. The summed E-state index contributed by atoms with van der Waals surface area (Å²) in [4.78, 5) is 14.9. The Bertz CT molecular complexity index is 1390. The van der Waals surface area contributed by atoms with Crippen molar-refractivity contribution in [1.29, 1.82) is 0 Å². The Kier molecular flexibility index (Phi) is 7.22. The van der Waals surface area contributed by atoms with E-state index in [1.165, 1.54) is 6.07 Å². The number of aromatic nitrogens is 1. The van der Waals surface area contributed by atoms with Crippen LogP contribution >= 0.6 is 11.6 Å². The number of carboxylic acids is 1. The Morgan fingerprint density at radius 3 is 2.26 bits per heavy atom. The van der Waals surface area contributed by atoms with Crippen LogP contribution in [-0.2, 0) is 0 Å². The van der Waals surface area contributed by atoms with E-state index in [0.29, 0.717) is 0 Å². The van der Waals surface area contributed by atoms with Gasteiger partial charge in [-0.2, -0.15) is 0 Å². The standard InChI is InChI=1S/C28H22ClFN2O3/c1-17-4-2-3-5-22(17)23(14-26(32-35)24-15-27(29)31-16-25(24)30)20-10-6-18(7-11-20)19-8-12-21(13-9-19)28(33)34/h2-13,15-16,23,35H,14H2,1H3,(H,33,34)/b32-26-/t23-/m1/s1. The normalized spacial score (nSPS) is 12.4. The number of aromatic carboxylic acids is 1. The molecular weight excluding hydrogens is 467 g/mol. The lowest BCUT2D eigenvalue weighted by Gasteiger charge is -2.21. The lowest BCUT2D eigenvalue weighted by Crippen LogP contribution is -2.13. The van der Waals surface area contributed by atoms with Gasteiger partial charge in [0.25, 0.3) is 0 Å². The van der Waals surface area contributed by atoms with Crippen molar-refractivity contribution in [3.63, 3.8) is 0 Å². The number of nitrogens with zero attached hydrogens (tertiary/aromatic N) is 2. The number of hydrogen-bond acceptors (Lipinski definition) is 4. The Morgan fingerprint density at radius 2 is 1.66 bits per heavy atom. The third-order valence-corrected chi connectivity index (χ3v) is 6.20. The zero-order valence-corrected chi connectivity index (χ0v) is 19.6. The predicted octanol–water partition coefficient (Wildman–Crippen LogP) is 6.95. The van der Waals surface area contributed by atoms with E-state index in [1.807, 2.05) is 55.5 Å². The van der Waals surface area contributed by atoms with Crippen LogP contribution < -0.4 is 0 Å². The highest BCUT2D eigenvalue weighted by molar-refractivity contribution is 6.29. The summed E-state index contributed by atoms with van der Waals surface area (Å²) >= 11 is 5.97. The quantitative estimate of drug-likeness (QED) is 0.128. The van der Waals surface area contributed by atoms with Crippen molar-refractivity contribution in [3.8, 4) is 11.1 Å². The largest absolute Gasteiger partial charge is 0.478 e. The van der Waals surface area contributed by atoms with Crippen LogP contribution in [0.25, 0.3) is 11.1 Å². The molecule has 0 aliphatic rings. The van der Waals surface area contributed by atoms with E-state index < -0.39 is 11.8 Å². The van der Waals surface area contributed by atoms with Crippen LogP contribution in [0.5, 0.6) is 0 Å². The van der Waals surface area contributed by atoms with Gasteiger partial charge in [-0.3, -0.25) is 0 Å². The number of aryl methyl sites for hydroxylation is 1. The molecular formula is C28H22ClFN2O3.